The third-order valence-electron chi connectivity index (χ3n) is 2.81. The Morgan fingerprint density at radius 1 is 1.47 bits per heavy atom. The van der Waals surface area contributed by atoms with Gasteiger partial charge < -0.3 is 15.3 Å². The molecule has 0 bridgehead atoms. The van der Waals surface area contributed by atoms with Crippen molar-refractivity contribution in [3.8, 4) is 0 Å². The molecule has 17 heavy (non-hydrogen) atoms. The highest BCUT2D eigenvalue weighted by molar-refractivity contribution is 5.76. The van der Waals surface area contributed by atoms with Gasteiger partial charge in [0.1, 0.15) is 0 Å². The first-order valence-electron chi connectivity index (χ1n) is 5.40. The Bertz CT molecular complexity index is 277. The minimum atomic E-state index is -2.48. The number of piperidine rings is 1. The molecule has 7 heteroatoms. The molecule has 2 atom stereocenters. The topological polar surface area (TPSA) is 69.6 Å². The standard InChI is InChI=1S/C10H16F2N2O3/c1-6(15)14-4-7(10(16)17)2-8(5-14)13-3-9(11)12/h7-9,13H,2-5H2,1H3,(H,16,17). The van der Waals surface area contributed by atoms with E-state index in [-0.39, 0.29) is 31.5 Å². The van der Waals surface area contributed by atoms with Crippen molar-refractivity contribution < 1.29 is 23.5 Å². The molecule has 0 spiro atoms. The molecule has 2 N–H and O–H groups in total. The van der Waals surface area contributed by atoms with Gasteiger partial charge in [-0.3, -0.25) is 9.59 Å². The molecular weight excluding hydrogens is 234 g/mol. The normalized spacial score (nSPS) is 25.1. The minimum Gasteiger partial charge on any atom is -0.481 e. The Morgan fingerprint density at radius 3 is 2.59 bits per heavy atom. The number of halogens is 2. The Balaban J connectivity index is 2.58. The number of carbonyl (C=O) groups is 2. The van der Waals surface area contributed by atoms with Crippen LogP contribution in [0.5, 0.6) is 0 Å². The van der Waals surface area contributed by atoms with Crippen LogP contribution in [-0.4, -0.2) is 54.0 Å². The van der Waals surface area contributed by atoms with Crippen LogP contribution < -0.4 is 5.32 Å². The summed E-state index contributed by atoms with van der Waals surface area (Å²) >= 11 is 0. The second-order valence-corrected chi connectivity index (χ2v) is 4.19. The summed E-state index contributed by atoms with van der Waals surface area (Å²) in [6.07, 6.45) is -2.21. The average Bonchev–Trinajstić information content (AvgIpc) is 2.25. The first-order chi connectivity index (χ1) is 7.90. The van der Waals surface area contributed by atoms with Crippen LogP contribution in [0.4, 0.5) is 8.78 Å². The third-order valence-corrected chi connectivity index (χ3v) is 2.81. The summed E-state index contributed by atoms with van der Waals surface area (Å²) in [7, 11) is 0. The zero-order valence-corrected chi connectivity index (χ0v) is 9.53. The van der Waals surface area contributed by atoms with Crippen molar-refractivity contribution in [2.45, 2.75) is 25.8 Å². The van der Waals surface area contributed by atoms with Crippen molar-refractivity contribution in [1.82, 2.24) is 10.2 Å². The van der Waals surface area contributed by atoms with E-state index in [1.165, 1.54) is 11.8 Å². The average molecular weight is 250 g/mol. The monoisotopic (exact) mass is 250 g/mol. The summed E-state index contributed by atoms with van der Waals surface area (Å²) in [6.45, 7) is 1.29. The predicted molar refractivity (Wildman–Crippen MR) is 55.8 cm³/mol. The van der Waals surface area contributed by atoms with Crippen LogP contribution in [0.2, 0.25) is 0 Å². The fourth-order valence-electron chi connectivity index (χ4n) is 1.94. The van der Waals surface area contributed by atoms with Gasteiger partial charge in [-0.1, -0.05) is 0 Å². The number of carboxylic acids is 1. The molecule has 0 aromatic carbocycles. The van der Waals surface area contributed by atoms with Gasteiger partial charge in [-0.15, -0.1) is 0 Å². The highest BCUT2D eigenvalue weighted by Crippen LogP contribution is 2.17. The Hall–Kier alpha value is -1.24. The second kappa shape index (κ2) is 5.90. The largest absolute Gasteiger partial charge is 0.481 e. The molecule has 1 rings (SSSR count). The van der Waals surface area contributed by atoms with Gasteiger partial charge in [0.05, 0.1) is 12.5 Å². The molecule has 1 aliphatic rings. The maximum absolute atomic E-state index is 12.0. The molecule has 1 heterocycles. The lowest BCUT2D eigenvalue weighted by Crippen LogP contribution is -2.53. The van der Waals surface area contributed by atoms with E-state index < -0.39 is 24.9 Å². The fraction of sp³-hybridized carbons (Fsp3) is 0.800. The van der Waals surface area contributed by atoms with Crippen molar-refractivity contribution in [3.63, 3.8) is 0 Å². The van der Waals surface area contributed by atoms with Crippen LogP contribution >= 0.6 is 0 Å². The fourth-order valence-corrected chi connectivity index (χ4v) is 1.94. The SMILES string of the molecule is CC(=O)N1CC(NCC(F)F)CC(C(=O)O)C1. The van der Waals surface area contributed by atoms with E-state index >= 15 is 0 Å². The first kappa shape index (κ1) is 13.8. The zero-order valence-electron chi connectivity index (χ0n) is 9.53. The number of carboxylic acid groups (broad SMARTS) is 1. The van der Waals surface area contributed by atoms with Gasteiger partial charge in [0.15, 0.2) is 0 Å². The van der Waals surface area contributed by atoms with Gasteiger partial charge >= 0.3 is 5.97 Å². The zero-order chi connectivity index (χ0) is 13.0. The van der Waals surface area contributed by atoms with Crippen LogP contribution in [0, 0.1) is 5.92 Å². The van der Waals surface area contributed by atoms with Crippen LogP contribution in [0.3, 0.4) is 0 Å². The molecule has 1 aliphatic heterocycles. The van der Waals surface area contributed by atoms with Crippen molar-refractivity contribution in [1.29, 1.82) is 0 Å². The van der Waals surface area contributed by atoms with E-state index in [9.17, 15) is 18.4 Å². The van der Waals surface area contributed by atoms with Crippen LogP contribution in [0.25, 0.3) is 0 Å². The molecule has 98 valence electrons. The summed E-state index contributed by atoms with van der Waals surface area (Å²) in [5.74, 6) is -1.93. The molecule has 0 aliphatic carbocycles. The minimum absolute atomic E-state index is 0.150. The first-order valence-corrected chi connectivity index (χ1v) is 5.40. The summed E-state index contributed by atoms with van der Waals surface area (Å²) < 4.78 is 24.1. The maximum atomic E-state index is 12.0. The van der Waals surface area contributed by atoms with Gasteiger partial charge in [-0.25, -0.2) is 8.78 Å². The number of rotatable bonds is 4. The number of carbonyl (C=O) groups excluding carboxylic acids is 1. The number of nitrogens with one attached hydrogen (secondary N) is 1. The van der Waals surface area contributed by atoms with Crippen molar-refractivity contribution in [2.24, 2.45) is 5.92 Å². The molecular formula is C10H16F2N2O3. The molecule has 1 amide bonds. The molecule has 0 saturated carbocycles. The second-order valence-electron chi connectivity index (χ2n) is 4.19. The summed E-state index contributed by atoms with van der Waals surface area (Å²) in [4.78, 5) is 23.5. The van der Waals surface area contributed by atoms with Gasteiger partial charge in [0, 0.05) is 26.1 Å². The summed E-state index contributed by atoms with van der Waals surface area (Å²) in [5, 5.41) is 11.5. The molecule has 5 nitrogen and oxygen atoms in total. The van der Waals surface area contributed by atoms with Gasteiger partial charge in [0.25, 0.3) is 6.43 Å². The van der Waals surface area contributed by atoms with Crippen LogP contribution in [0.1, 0.15) is 13.3 Å². The Kier molecular flexibility index (Phi) is 4.80. The molecule has 0 aromatic rings. The lowest BCUT2D eigenvalue weighted by Gasteiger charge is -2.36. The smallest absolute Gasteiger partial charge is 0.308 e. The predicted octanol–water partition coefficient (Wildman–Crippen LogP) is 0.163. The lowest BCUT2D eigenvalue weighted by atomic mass is 9.94. The Morgan fingerprint density at radius 2 is 2.12 bits per heavy atom. The number of amides is 1. The van der Waals surface area contributed by atoms with Gasteiger partial charge in [0.2, 0.25) is 5.91 Å². The van der Waals surface area contributed by atoms with Crippen LogP contribution in [0.15, 0.2) is 0 Å². The highest BCUT2D eigenvalue weighted by atomic mass is 19.3. The van der Waals surface area contributed by atoms with E-state index in [2.05, 4.69) is 5.32 Å². The molecule has 1 saturated heterocycles. The van der Waals surface area contributed by atoms with Crippen LogP contribution in [-0.2, 0) is 9.59 Å². The van der Waals surface area contributed by atoms with E-state index in [0.29, 0.717) is 0 Å². The highest BCUT2D eigenvalue weighted by Gasteiger charge is 2.32. The van der Waals surface area contributed by atoms with Crippen molar-refractivity contribution in [2.75, 3.05) is 19.6 Å². The maximum Gasteiger partial charge on any atom is 0.308 e. The molecule has 2 unspecified atom stereocenters. The van der Waals surface area contributed by atoms with Gasteiger partial charge in [-0.2, -0.15) is 0 Å². The van der Waals surface area contributed by atoms with E-state index in [0.717, 1.165) is 0 Å². The lowest BCUT2D eigenvalue weighted by molar-refractivity contribution is -0.145. The molecule has 0 radical (unpaired) electrons. The number of nitrogens with zero attached hydrogens (tertiary/aromatic N) is 1. The van der Waals surface area contributed by atoms with Gasteiger partial charge in [-0.05, 0) is 6.42 Å². The Labute approximate surface area is 97.8 Å². The van der Waals surface area contributed by atoms with E-state index in [4.69, 9.17) is 5.11 Å². The number of likely N-dealkylation sites (tertiary alicyclic amines) is 1. The van der Waals surface area contributed by atoms with Crippen molar-refractivity contribution in [3.05, 3.63) is 0 Å². The van der Waals surface area contributed by atoms with Crippen molar-refractivity contribution >= 4 is 11.9 Å². The van der Waals surface area contributed by atoms with E-state index in [1.54, 1.807) is 0 Å². The third kappa shape index (κ3) is 4.26. The molecule has 1 fully saturated rings. The number of aliphatic carboxylic acids is 1. The number of hydrogen-bond donors (Lipinski definition) is 2. The molecule has 0 aromatic heterocycles. The van der Waals surface area contributed by atoms with E-state index in [1.807, 2.05) is 0 Å². The number of alkyl halides is 2. The summed E-state index contributed by atoms with van der Waals surface area (Å²) in [5.41, 5.74) is 0. The summed E-state index contributed by atoms with van der Waals surface area (Å²) in [6, 6.07) is -0.386. The number of hydrogen-bond acceptors (Lipinski definition) is 3. The quantitative estimate of drug-likeness (QED) is 0.746.